The van der Waals surface area contributed by atoms with Crippen molar-refractivity contribution in [3.63, 3.8) is 0 Å². The average Bonchev–Trinajstić information content (AvgIpc) is 3.28. The van der Waals surface area contributed by atoms with Crippen molar-refractivity contribution in [2.24, 2.45) is 29.2 Å². The number of benzene rings is 1. The first-order chi connectivity index (χ1) is 32.0. The maximum absolute atomic E-state index is 14.1. The summed E-state index contributed by atoms with van der Waals surface area (Å²) in [6, 6.07) is -1.32. The lowest BCUT2D eigenvalue weighted by atomic mass is 9.95. The molecule has 0 aliphatic carbocycles. The molecule has 1 aromatic carbocycles. The first kappa shape index (κ1) is 60.7. The molecule has 21 nitrogen and oxygen atoms in total. The van der Waals surface area contributed by atoms with Crippen LogP contribution in [0, 0.1) is 17.8 Å². The van der Waals surface area contributed by atoms with Crippen LogP contribution in [0.15, 0.2) is 30.3 Å². The number of aliphatic hydroxyl groups excluding tert-OH is 1. The molecule has 0 spiro atoms. The number of aliphatic carboxylic acids is 1. The SMILES string of the molecule is CC[C@H](C)[C@H](NC(=O)[C@@H](NC(=O)[C@H](C)NC(=O)CN)C(C)C)C(=O)N[C@@H](CC(C)C)C(=O)N[C@@H](CCSC)C(=O)N[C@H](C(=O)N[C@@H](CCCCN)C(=O)N[C@@H](Cc1ccccc1)C(=O)O)[C@@H](C)O. The summed E-state index contributed by atoms with van der Waals surface area (Å²) in [6.45, 7) is 13.2. The molecule has 8 amide bonds. The molecule has 0 fully saturated rings. The van der Waals surface area contributed by atoms with E-state index in [1.807, 2.05) is 20.8 Å². The van der Waals surface area contributed by atoms with E-state index in [0.29, 0.717) is 37.1 Å². The van der Waals surface area contributed by atoms with Crippen LogP contribution in [-0.2, 0) is 49.6 Å². The van der Waals surface area contributed by atoms with Crippen LogP contribution >= 0.6 is 11.8 Å². The predicted molar refractivity (Wildman–Crippen MR) is 259 cm³/mol. The Labute approximate surface area is 404 Å². The van der Waals surface area contributed by atoms with E-state index in [4.69, 9.17) is 11.5 Å². The highest BCUT2D eigenvalue weighted by Crippen LogP contribution is 2.14. The van der Waals surface area contributed by atoms with Crippen LogP contribution in [0.1, 0.15) is 99.5 Å². The standard InChI is InChI=1S/C46H78N10O11S/c1-10-27(6)37(55-43(63)36(26(4)5)54-39(59)28(7)49-35(58)24-48)44(64)52-33(22-25(2)3)42(62)50-32(19-21-68-9)41(61)56-38(29(8)57)45(65)51-31(18-14-15-20-47)40(60)53-34(46(66)67)23-30-16-12-11-13-17-30/h11-13,16-17,25-29,31-34,36-38,57H,10,14-15,18-24,47-48H2,1-9H3,(H,49,58)(H,50,62)(H,51,65)(H,52,64)(H,53,60)(H,54,59)(H,55,63)(H,56,61)(H,66,67)/t27-,28-,29+,31-,32-,33-,34-,36-,37-,38-/m0/s1. The van der Waals surface area contributed by atoms with Gasteiger partial charge in [-0.05, 0) is 87.8 Å². The molecule has 68 heavy (non-hydrogen) atoms. The number of amides is 8. The molecule has 0 saturated carbocycles. The van der Waals surface area contributed by atoms with Crippen LogP contribution in [0.3, 0.4) is 0 Å². The average molecular weight is 979 g/mol. The van der Waals surface area contributed by atoms with E-state index in [2.05, 4.69) is 42.5 Å². The number of carbonyl (C=O) groups is 9. The Bertz CT molecular complexity index is 1810. The van der Waals surface area contributed by atoms with Crippen molar-refractivity contribution in [3.8, 4) is 0 Å². The molecule has 0 heterocycles. The number of nitrogens with two attached hydrogens (primary N) is 2. The van der Waals surface area contributed by atoms with Crippen LogP contribution < -0.4 is 54.0 Å². The molecular weight excluding hydrogens is 901 g/mol. The van der Waals surface area contributed by atoms with Gasteiger partial charge < -0.3 is 64.2 Å². The van der Waals surface area contributed by atoms with Gasteiger partial charge >= 0.3 is 5.97 Å². The monoisotopic (exact) mass is 979 g/mol. The second-order valence-corrected chi connectivity index (χ2v) is 18.8. The number of carboxylic acid groups (broad SMARTS) is 1. The molecule has 0 aliphatic heterocycles. The molecule has 384 valence electrons. The lowest BCUT2D eigenvalue weighted by Gasteiger charge is -2.31. The number of nitrogens with one attached hydrogen (secondary N) is 8. The fourth-order valence-corrected chi connectivity index (χ4v) is 7.34. The molecular formula is C46H78N10O11S. The molecule has 0 aromatic heterocycles. The summed E-state index contributed by atoms with van der Waals surface area (Å²) in [5, 5.41) is 41.5. The van der Waals surface area contributed by atoms with E-state index >= 15 is 0 Å². The van der Waals surface area contributed by atoms with E-state index in [-0.39, 0.29) is 38.1 Å². The van der Waals surface area contributed by atoms with Gasteiger partial charge in [0.15, 0.2) is 0 Å². The quantitative estimate of drug-likeness (QED) is 0.0393. The number of unbranched alkanes of at least 4 members (excludes halogenated alkanes) is 1. The summed E-state index contributed by atoms with van der Waals surface area (Å²) in [7, 11) is 0. The lowest BCUT2D eigenvalue weighted by Crippen LogP contribution is -2.62. The fraction of sp³-hybridized carbons (Fsp3) is 0.674. The molecule has 14 N–H and O–H groups in total. The van der Waals surface area contributed by atoms with Crippen LogP contribution in [-0.4, -0.2) is 143 Å². The summed E-state index contributed by atoms with van der Waals surface area (Å²) in [6.07, 6.45) is 1.81. The Morgan fingerprint density at radius 1 is 0.603 bits per heavy atom. The minimum absolute atomic E-state index is 0.0308. The molecule has 0 radical (unpaired) electrons. The number of hydrogen-bond donors (Lipinski definition) is 12. The molecule has 0 bridgehead atoms. The highest BCUT2D eigenvalue weighted by molar-refractivity contribution is 7.98. The van der Waals surface area contributed by atoms with E-state index in [1.54, 1.807) is 57.4 Å². The van der Waals surface area contributed by atoms with Crippen LogP contribution in [0.4, 0.5) is 0 Å². The van der Waals surface area contributed by atoms with Crippen LogP contribution in [0.25, 0.3) is 0 Å². The maximum atomic E-state index is 14.1. The Morgan fingerprint density at radius 3 is 1.63 bits per heavy atom. The molecule has 0 saturated heterocycles. The summed E-state index contributed by atoms with van der Waals surface area (Å²) in [5.41, 5.74) is 11.7. The molecule has 0 unspecified atom stereocenters. The topological polar surface area (TPSA) is 342 Å². The fourth-order valence-electron chi connectivity index (χ4n) is 6.87. The molecule has 22 heteroatoms. The zero-order chi connectivity index (χ0) is 51.7. The molecule has 0 aliphatic rings. The first-order valence-corrected chi connectivity index (χ1v) is 24.7. The van der Waals surface area contributed by atoms with Crippen molar-refractivity contribution in [1.82, 2.24) is 42.5 Å². The second kappa shape index (κ2) is 31.7. The van der Waals surface area contributed by atoms with Crippen LogP contribution in [0.5, 0.6) is 0 Å². The second-order valence-electron chi connectivity index (χ2n) is 17.8. The lowest BCUT2D eigenvalue weighted by molar-refractivity contribution is -0.142. The Balaban J connectivity index is 3.35. The van der Waals surface area contributed by atoms with Gasteiger partial charge in [-0.2, -0.15) is 11.8 Å². The van der Waals surface area contributed by atoms with Crippen molar-refractivity contribution in [2.75, 3.05) is 25.1 Å². The van der Waals surface area contributed by atoms with E-state index in [1.165, 1.54) is 25.6 Å². The number of hydrogen-bond acceptors (Lipinski definition) is 13. The van der Waals surface area contributed by atoms with Crippen molar-refractivity contribution >= 4 is 65.0 Å². The first-order valence-electron chi connectivity index (χ1n) is 23.3. The summed E-state index contributed by atoms with van der Waals surface area (Å²) in [5.74, 6) is -7.84. The van der Waals surface area contributed by atoms with Gasteiger partial charge in [-0.25, -0.2) is 4.79 Å². The van der Waals surface area contributed by atoms with Gasteiger partial charge in [0.2, 0.25) is 47.3 Å². The van der Waals surface area contributed by atoms with Crippen molar-refractivity contribution in [2.45, 2.75) is 155 Å². The van der Waals surface area contributed by atoms with Gasteiger partial charge in [0.25, 0.3) is 0 Å². The minimum atomic E-state index is -1.63. The van der Waals surface area contributed by atoms with E-state index in [0.717, 1.165) is 0 Å². The van der Waals surface area contributed by atoms with Crippen molar-refractivity contribution in [1.29, 1.82) is 0 Å². The van der Waals surface area contributed by atoms with Gasteiger partial charge in [0.05, 0.1) is 12.6 Å². The Hall–Kier alpha value is -5.32. The highest BCUT2D eigenvalue weighted by atomic mass is 32.2. The Kier molecular flexibility index (Phi) is 28.3. The van der Waals surface area contributed by atoms with Crippen molar-refractivity contribution < 1.29 is 53.4 Å². The van der Waals surface area contributed by atoms with Gasteiger partial charge in [0, 0.05) is 6.42 Å². The van der Waals surface area contributed by atoms with Gasteiger partial charge in [-0.3, -0.25) is 38.4 Å². The summed E-state index contributed by atoms with van der Waals surface area (Å²) >= 11 is 1.38. The number of rotatable bonds is 32. The number of thioether (sulfide) groups is 1. The normalized spacial score (nSPS) is 15.7. The third-order valence-corrected chi connectivity index (χ3v) is 11.8. The Morgan fingerprint density at radius 2 is 1.10 bits per heavy atom. The maximum Gasteiger partial charge on any atom is 0.326 e. The number of carbonyl (C=O) groups excluding carboxylic acids is 8. The van der Waals surface area contributed by atoms with E-state index < -0.39 is 120 Å². The third-order valence-electron chi connectivity index (χ3n) is 11.1. The summed E-state index contributed by atoms with van der Waals surface area (Å²) < 4.78 is 0. The number of carboxylic acids is 1. The zero-order valence-electron chi connectivity index (χ0n) is 41.0. The molecule has 1 rings (SSSR count). The zero-order valence-corrected chi connectivity index (χ0v) is 41.8. The van der Waals surface area contributed by atoms with Gasteiger partial charge in [-0.1, -0.05) is 78.3 Å². The van der Waals surface area contributed by atoms with Gasteiger partial charge in [0.1, 0.15) is 48.3 Å². The van der Waals surface area contributed by atoms with Crippen molar-refractivity contribution in [3.05, 3.63) is 35.9 Å². The largest absolute Gasteiger partial charge is 0.480 e. The number of aliphatic hydroxyl groups is 1. The molecule has 1 aromatic rings. The smallest absolute Gasteiger partial charge is 0.326 e. The van der Waals surface area contributed by atoms with E-state index in [9.17, 15) is 53.4 Å². The predicted octanol–water partition coefficient (Wildman–Crippen LogP) is -0.818. The van der Waals surface area contributed by atoms with Crippen LogP contribution in [0.2, 0.25) is 0 Å². The summed E-state index contributed by atoms with van der Waals surface area (Å²) in [4.78, 5) is 120. The highest BCUT2D eigenvalue weighted by Gasteiger charge is 2.37. The van der Waals surface area contributed by atoms with Gasteiger partial charge in [-0.15, -0.1) is 0 Å². The third kappa shape index (κ3) is 21.8. The molecule has 10 atom stereocenters. The minimum Gasteiger partial charge on any atom is -0.480 e.